The molecule has 0 saturated carbocycles. The summed E-state index contributed by atoms with van der Waals surface area (Å²) in [5.74, 6) is -0.464. The molecule has 1 amide bonds. The number of carbonyl (C=O) groups is 2. The molecule has 2 aromatic carbocycles. The average Bonchev–Trinajstić information content (AvgIpc) is 3.32. The van der Waals surface area contributed by atoms with Crippen LogP contribution in [0.3, 0.4) is 0 Å². The number of fused-ring (bicyclic) bond motifs is 1. The van der Waals surface area contributed by atoms with Crippen molar-refractivity contribution in [3.05, 3.63) is 59.7 Å². The van der Waals surface area contributed by atoms with Gasteiger partial charge in [0, 0.05) is 12.0 Å². The van der Waals surface area contributed by atoms with E-state index in [4.69, 9.17) is 33.2 Å². The molecular formula is C57H93NO9. The second-order valence-corrected chi connectivity index (χ2v) is 19.7. The van der Waals surface area contributed by atoms with Crippen LogP contribution in [0.15, 0.2) is 48.5 Å². The number of rotatable bonds is 38. The van der Waals surface area contributed by atoms with Crippen LogP contribution >= 0.6 is 0 Å². The number of carbonyl (C=O) groups excluding carboxylic acids is 2. The van der Waals surface area contributed by atoms with Crippen molar-refractivity contribution in [1.82, 2.24) is 5.32 Å². The van der Waals surface area contributed by atoms with Gasteiger partial charge in [-0.1, -0.05) is 205 Å². The highest BCUT2D eigenvalue weighted by molar-refractivity contribution is 5.95. The predicted octanol–water partition coefficient (Wildman–Crippen LogP) is 14.5. The van der Waals surface area contributed by atoms with E-state index in [1.54, 1.807) is 12.1 Å². The van der Waals surface area contributed by atoms with Gasteiger partial charge in [0.25, 0.3) is 5.91 Å². The first-order valence-corrected chi connectivity index (χ1v) is 27.3. The Morgan fingerprint density at radius 2 is 1.13 bits per heavy atom. The second-order valence-electron chi connectivity index (χ2n) is 19.7. The predicted molar refractivity (Wildman–Crippen MR) is 270 cm³/mol. The summed E-state index contributed by atoms with van der Waals surface area (Å²) in [4.78, 5) is 28.3. The molecular weight excluding hydrogens is 843 g/mol. The number of hydrogen-bond acceptors (Lipinski definition) is 9. The lowest BCUT2D eigenvalue weighted by Crippen LogP contribution is -2.69. The van der Waals surface area contributed by atoms with Crippen molar-refractivity contribution in [2.45, 2.75) is 257 Å². The Kier molecular flexibility index (Phi) is 28.8. The maximum atomic E-state index is 14.5. The normalized spacial score (nSPS) is 20.0. The van der Waals surface area contributed by atoms with Crippen molar-refractivity contribution in [3.8, 4) is 11.5 Å². The van der Waals surface area contributed by atoms with Crippen molar-refractivity contribution in [3.63, 3.8) is 0 Å². The van der Waals surface area contributed by atoms with Gasteiger partial charge in [-0.05, 0) is 56.9 Å². The lowest BCUT2D eigenvalue weighted by Gasteiger charge is -2.50. The Bertz CT molecular complexity index is 1590. The van der Waals surface area contributed by atoms with Gasteiger partial charge in [0.15, 0.2) is 29.7 Å². The molecule has 10 heteroatoms. The Morgan fingerprint density at radius 3 is 1.69 bits per heavy atom. The van der Waals surface area contributed by atoms with Crippen LogP contribution in [0.2, 0.25) is 0 Å². The van der Waals surface area contributed by atoms with Gasteiger partial charge >= 0.3 is 5.97 Å². The van der Waals surface area contributed by atoms with E-state index in [2.05, 4.69) is 26.1 Å². The Hall–Kier alpha value is -3.18. The lowest BCUT2D eigenvalue weighted by molar-refractivity contribution is -0.370. The van der Waals surface area contributed by atoms with Gasteiger partial charge in [0.05, 0.1) is 26.4 Å². The van der Waals surface area contributed by atoms with Crippen LogP contribution in [-0.4, -0.2) is 68.1 Å². The van der Waals surface area contributed by atoms with Gasteiger partial charge in [-0.15, -0.1) is 0 Å². The molecule has 0 aromatic heterocycles. The fourth-order valence-electron chi connectivity index (χ4n) is 9.11. The van der Waals surface area contributed by atoms with Gasteiger partial charge < -0.3 is 38.5 Å². The molecule has 1 N–H and O–H groups in total. The quantitative estimate of drug-likeness (QED) is 0.0520. The minimum Gasteiger partial charge on any atom is -0.490 e. The van der Waals surface area contributed by atoms with Gasteiger partial charge in [0.1, 0.15) is 18.2 Å². The molecule has 2 aliphatic rings. The Morgan fingerprint density at radius 1 is 0.627 bits per heavy atom. The maximum Gasteiger partial charge on any atom is 0.306 e. The van der Waals surface area contributed by atoms with Gasteiger partial charge in [-0.3, -0.25) is 9.59 Å². The van der Waals surface area contributed by atoms with E-state index >= 15 is 0 Å². The molecule has 4 rings (SSSR count). The summed E-state index contributed by atoms with van der Waals surface area (Å²) in [5.41, 5.74) is 1.34. The molecule has 10 nitrogen and oxygen atoms in total. The number of ether oxygens (including phenoxy) is 7. The fourth-order valence-corrected chi connectivity index (χ4v) is 9.11. The van der Waals surface area contributed by atoms with Crippen LogP contribution in [0.25, 0.3) is 0 Å². The number of nitrogens with one attached hydrogen (secondary N) is 1. The molecule has 2 saturated heterocycles. The van der Waals surface area contributed by atoms with Crippen molar-refractivity contribution in [1.29, 1.82) is 0 Å². The first-order chi connectivity index (χ1) is 32.7. The standard InChI is InChI=1S/C57H93NO9/c1-6-9-12-15-18-21-22-23-24-27-33-38-51(59)66-54-52(56(63-44-46-36-31-30-32-37-46)65-50-45-64-57(4,5)67-53(50)54)58-55(60)47-39-40-48(61-41-34-28-25-19-16-13-10-7-2)49(43-47)62-42-35-29-26-20-17-14-11-8-3/h30-32,36-37,39-40,43,50,52-54,56H,6-29,33-35,38,41-42,44-45H2,1-5H3,(H,58,60)/t50-,52-,53-,54-,56-/m1/s1. The number of unbranched alkanes of at least 4 members (excludes halogenated alkanes) is 24. The van der Waals surface area contributed by atoms with Crippen molar-refractivity contribution < 1.29 is 42.7 Å². The topological polar surface area (TPSA) is 111 Å². The number of amides is 1. The first-order valence-electron chi connectivity index (χ1n) is 27.3. The monoisotopic (exact) mass is 936 g/mol. The highest BCUT2D eigenvalue weighted by Crippen LogP contribution is 2.36. The highest BCUT2D eigenvalue weighted by Gasteiger charge is 2.54. The average molecular weight is 936 g/mol. The minimum atomic E-state index is -0.967. The summed E-state index contributed by atoms with van der Waals surface area (Å²) < 4.78 is 44.7. The number of esters is 1. The van der Waals surface area contributed by atoms with E-state index in [1.165, 1.54) is 128 Å². The summed E-state index contributed by atoms with van der Waals surface area (Å²) in [6.07, 6.45) is 29.5. The molecule has 2 aliphatic heterocycles. The van der Waals surface area contributed by atoms with Crippen LogP contribution in [0.5, 0.6) is 11.5 Å². The summed E-state index contributed by atoms with van der Waals surface area (Å²) in [5, 5.41) is 3.20. The minimum absolute atomic E-state index is 0.218. The molecule has 2 heterocycles. The molecule has 0 radical (unpaired) electrons. The third-order valence-electron chi connectivity index (χ3n) is 13.2. The lowest BCUT2D eigenvalue weighted by atomic mass is 9.94. The van der Waals surface area contributed by atoms with Crippen molar-refractivity contribution in [2.24, 2.45) is 0 Å². The molecule has 0 spiro atoms. The summed E-state index contributed by atoms with van der Waals surface area (Å²) >= 11 is 0. The summed E-state index contributed by atoms with van der Waals surface area (Å²) in [6, 6.07) is 14.3. The first kappa shape index (κ1) is 56.4. The summed E-state index contributed by atoms with van der Waals surface area (Å²) in [7, 11) is 0. The van der Waals surface area contributed by atoms with Gasteiger partial charge in [-0.25, -0.2) is 0 Å². The van der Waals surface area contributed by atoms with Crippen LogP contribution in [0.4, 0.5) is 0 Å². The van der Waals surface area contributed by atoms with E-state index in [0.29, 0.717) is 30.3 Å². The molecule has 2 aromatic rings. The van der Waals surface area contributed by atoms with E-state index in [-0.39, 0.29) is 31.5 Å². The van der Waals surface area contributed by atoms with E-state index in [9.17, 15) is 9.59 Å². The molecule has 67 heavy (non-hydrogen) atoms. The Labute approximate surface area is 407 Å². The van der Waals surface area contributed by atoms with Gasteiger partial charge in [0.2, 0.25) is 0 Å². The molecule has 0 aliphatic carbocycles. The molecule has 5 atom stereocenters. The zero-order valence-electron chi connectivity index (χ0n) is 42.8. The molecule has 380 valence electrons. The fraction of sp³-hybridized carbons (Fsp3) is 0.754. The summed E-state index contributed by atoms with van der Waals surface area (Å²) in [6.45, 7) is 12.0. The van der Waals surface area contributed by atoms with E-state index in [1.807, 2.05) is 50.2 Å². The van der Waals surface area contributed by atoms with Crippen LogP contribution < -0.4 is 14.8 Å². The third kappa shape index (κ3) is 22.9. The molecule has 0 unspecified atom stereocenters. The van der Waals surface area contributed by atoms with Crippen molar-refractivity contribution >= 4 is 11.9 Å². The zero-order valence-corrected chi connectivity index (χ0v) is 42.8. The smallest absolute Gasteiger partial charge is 0.306 e. The highest BCUT2D eigenvalue weighted by atomic mass is 16.8. The third-order valence-corrected chi connectivity index (χ3v) is 13.2. The zero-order chi connectivity index (χ0) is 47.8. The number of hydrogen-bond donors (Lipinski definition) is 1. The molecule has 2 fully saturated rings. The van der Waals surface area contributed by atoms with E-state index < -0.39 is 36.4 Å². The van der Waals surface area contributed by atoms with E-state index in [0.717, 1.165) is 50.5 Å². The SMILES string of the molecule is CCCCCCCCCCCCCC(=O)O[C@@H]1[C@@H](NC(=O)c2ccc(OCCCCCCCCCC)c(OCCCCCCCCCC)c2)[C@H](OCc2ccccc2)O[C@@H]2COC(C)(C)O[C@@H]12. The largest absolute Gasteiger partial charge is 0.490 e. The second kappa shape index (κ2) is 34.2. The van der Waals surface area contributed by atoms with Crippen molar-refractivity contribution in [2.75, 3.05) is 19.8 Å². The van der Waals surface area contributed by atoms with Gasteiger partial charge in [-0.2, -0.15) is 0 Å². The van der Waals surface area contributed by atoms with Crippen LogP contribution in [0, 0.1) is 0 Å². The maximum absolute atomic E-state index is 14.5. The van der Waals surface area contributed by atoms with Crippen LogP contribution in [0.1, 0.15) is 230 Å². The molecule has 0 bridgehead atoms. The Balaban J connectivity index is 1.47. The number of benzene rings is 2. The van der Waals surface area contributed by atoms with Crippen LogP contribution in [-0.2, 0) is 35.1 Å².